The first kappa shape index (κ1) is 12.4. The van der Waals surface area contributed by atoms with Crippen LogP contribution in [0.25, 0.3) is 0 Å². The van der Waals surface area contributed by atoms with E-state index in [1.165, 1.54) is 0 Å². The van der Waals surface area contributed by atoms with Crippen molar-refractivity contribution in [2.24, 2.45) is 5.73 Å². The third-order valence-corrected chi connectivity index (χ3v) is 2.68. The number of carbonyl (C=O) groups is 1. The Balaban J connectivity index is 2.34. The van der Waals surface area contributed by atoms with Gasteiger partial charge < -0.3 is 20.7 Å². The molecule has 0 aliphatic carbocycles. The first-order chi connectivity index (χ1) is 7.29. The number of methoxy groups -OCH3 is 1. The van der Waals surface area contributed by atoms with Crippen molar-refractivity contribution >= 4 is 5.91 Å². The molecule has 1 amide bonds. The van der Waals surface area contributed by atoms with Gasteiger partial charge in [-0.25, -0.2) is 0 Å². The van der Waals surface area contributed by atoms with Gasteiger partial charge in [-0.2, -0.15) is 0 Å². The number of hydrogen-bond donors (Lipinski definition) is 2. The highest BCUT2D eigenvalue weighted by Gasteiger charge is 2.24. The zero-order chi connectivity index (χ0) is 11.1. The zero-order valence-corrected chi connectivity index (χ0v) is 9.37. The molecule has 1 aliphatic heterocycles. The van der Waals surface area contributed by atoms with E-state index in [0.29, 0.717) is 19.6 Å². The summed E-state index contributed by atoms with van der Waals surface area (Å²) >= 11 is 0. The molecule has 0 bridgehead atoms. The lowest BCUT2D eigenvalue weighted by atomic mass is 10.1. The van der Waals surface area contributed by atoms with Crippen molar-refractivity contribution in [1.82, 2.24) is 10.2 Å². The molecule has 1 atom stereocenters. The molecule has 1 fully saturated rings. The fourth-order valence-corrected chi connectivity index (χ4v) is 1.81. The molecule has 0 saturated carbocycles. The van der Waals surface area contributed by atoms with Gasteiger partial charge in [-0.1, -0.05) is 0 Å². The minimum absolute atomic E-state index is 0.161. The van der Waals surface area contributed by atoms with Crippen LogP contribution in [0.15, 0.2) is 0 Å². The van der Waals surface area contributed by atoms with Gasteiger partial charge >= 0.3 is 0 Å². The number of nitrogens with one attached hydrogen (secondary N) is 1. The second-order valence-electron chi connectivity index (χ2n) is 3.78. The third-order valence-electron chi connectivity index (χ3n) is 2.68. The van der Waals surface area contributed by atoms with Gasteiger partial charge in [-0.15, -0.1) is 0 Å². The molecule has 15 heavy (non-hydrogen) atoms. The molecule has 1 aliphatic rings. The Hall–Kier alpha value is -0.650. The minimum atomic E-state index is 0.161. The molecular weight excluding hydrogens is 194 g/mol. The van der Waals surface area contributed by atoms with Gasteiger partial charge in [0.05, 0.1) is 6.04 Å². The summed E-state index contributed by atoms with van der Waals surface area (Å²) in [4.78, 5) is 13.7. The Kier molecular flexibility index (Phi) is 5.60. The number of piperazine rings is 1. The van der Waals surface area contributed by atoms with Crippen molar-refractivity contribution in [3.8, 4) is 0 Å². The number of carbonyl (C=O) groups excluding carboxylic acids is 1. The van der Waals surface area contributed by atoms with Crippen molar-refractivity contribution in [3.63, 3.8) is 0 Å². The monoisotopic (exact) mass is 215 g/mol. The molecular formula is C10H21N3O2. The maximum absolute atomic E-state index is 11.8. The van der Waals surface area contributed by atoms with Gasteiger partial charge in [0, 0.05) is 46.3 Å². The summed E-state index contributed by atoms with van der Waals surface area (Å²) in [5.41, 5.74) is 5.63. The molecule has 0 aromatic heterocycles. The number of rotatable bonds is 5. The van der Waals surface area contributed by atoms with E-state index in [1.807, 2.05) is 4.90 Å². The van der Waals surface area contributed by atoms with E-state index in [9.17, 15) is 4.79 Å². The molecule has 1 unspecified atom stereocenters. The van der Waals surface area contributed by atoms with Crippen molar-refractivity contribution in [2.75, 3.05) is 39.9 Å². The van der Waals surface area contributed by atoms with E-state index in [1.54, 1.807) is 7.11 Å². The van der Waals surface area contributed by atoms with Gasteiger partial charge in [0.1, 0.15) is 0 Å². The summed E-state index contributed by atoms with van der Waals surface area (Å²) in [6.07, 6.45) is 1.35. The van der Waals surface area contributed by atoms with Crippen LogP contribution in [0.5, 0.6) is 0 Å². The average molecular weight is 215 g/mol. The number of nitrogens with zero attached hydrogens (tertiary/aromatic N) is 1. The first-order valence-corrected chi connectivity index (χ1v) is 5.48. The van der Waals surface area contributed by atoms with Gasteiger partial charge in [-0.05, 0) is 6.42 Å². The predicted octanol–water partition coefficient (Wildman–Crippen LogP) is -0.828. The van der Waals surface area contributed by atoms with Gasteiger partial charge in [0.15, 0.2) is 0 Å². The predicted molar refractivity (Wildman–Crippen MR) is 58.5 cm³/mol. The van der Waals surface area contributed by atoms with Crippen molar-refractivity contribution in [1.29, 1.82) is 0 Å². The molecule has 0 radical (unpaired) electrons. The first-order valence-electron chi connectivity index (χ1n) is 5.48. The summed E-state index contributed by atoms with van der Waals surface area (Å²) in [6, 6.07) is 0.161. The number of ether oxygens (including phenoxy) is 1. The second-order valence-corrected chi connectivity index (χ2v) is 3.78. The summed E-state index contributed by atoms with van der Waals surface area (Å²) in [5, 5.41) is 3.24. The fraction of sp³-hybridized carbons (Fsp3) is 0.900. The van der Waals surface area contributed by atoms with Crippen molar-refractivity contribution < 1.29 is 9.53 Å². The maximum Gasteiger partial charge on any atom is 0.223 e. The van der Waals surface area contributed by atoms with Crippen LogP contribution < -0.4 is 11.1 Å². The molecule has 0 spiro atoms. The molecule has 88 valence electrons. The topological polar surface area (TPSA) is 67.6 Å². The summed E-state index contributed by atoms with van der Waals surface area (Å²) in [6.45, 7) is 3.63. The summed E-state index contributed by atoms with van der Waals surface area (Å²) < 4.78 is 4.92. The lowest BCUT2D eigenvalue weighted by Gasteiger charge is -2.35. The molecule has 0 aromatic carbocycles. The largest absolute Gasteiger partial charge is 0.385 e. The highest BCUT2D eigenvalue weighted by atomic mass is 16.5. The molecule has 1 heterocycles. The Morgan fingerprint density at radius 1 is 1.67 bits per heavy atom. The molecule has 5 nitrogen and oxygen atoms in total. The smallest absolute Gasteiger partial charge is 0.223 e. The summed E-state index contributed by atoms with van der Waals surface area (Å²) in [7, 11) is 1.65. The Morgan fingerprint density at radius 2 is 2.47 bits per heavy atom. The van der Waals surface area contributed by atoms with Crippen molar-refractivity contribution in [3.05, 3.63) is 0 Å². The van der Waals surface area contributed by atoms with Crippen LogP contribution in [0.3, 0.4) is 0 Å². The zero-order valence-electron chi connectivity index (χ0n) is 9.37. The minimum Gasteiger partial charge on any atom is -0.385 e. The van der Waals surface area contributed by atoms with E-state index in [-0.39, 0.29) is 11.9 Å². The van der Waals surface area contributed by atoms with Crippen LogP contribution in [-0.4, -0.2) is 56.7 Å². The second kappa shape index (κ2) is 6.76. The van der Waals surface area contributed by atoms with Crippen LogP contribution in [-0.2, 0) is 9.53 Å². The average Bonchev–Trinajstić information content (AvgIpc) is 2.29. The number of nitrogens with two attached hydrogens (primary N) is 1. The van der Waals surface area contributed by atoms with E-state index in [2.05, 4.69) is 5.32 Å². The van der Waals surface area contributed by atoms with Crippen LogP contribution >= 0.6 is 0 Å². The van der Waals surface area contributed by atoms with E-state index in [0.717, 1.165) is 26.1 Å². The molecule has 0 aromatic rings. The van der Waals surface area contributed by atoms with Gasteiger partial charge in [0.2, 0.25) is 5.91 Å². The lowest BCUT2D eigenvalue weighted by molar-refractivity contribution is -0.134. The van der Waals surface area contributed by atoms with Crippen LogP contribution in [0.4, 0.5) is 0 Å². The standard InChI is InChI=1S/C10H21N3O2/c1-15-6-2-3-10(14)13-5-4-12-8-9(13)7-11/h9,12H,2-8,11H2,1H3. The quantitative estimate of drug-likeness (QED) is 0.588. The number of amides is 1. The third kappa shape index (κ3) is 3.77. The molecule has 3 N–H and O–H groups in total. The van der Waals surface area contributed by atoms with Crippen LogP contribution in [0, 0.1) is 0 Å². The Labute approximate surface area is 90.9 Å². The lowest BCUT2D eigenvalue weighted by Crippen LogP contribution is -2.56. The van der Waals surface area contributed by atoms with E-state index >= 15 is 0 Å². The highest BCUT2D eigenvalue weighted by Crippen LogP contribution is 2.06. The molecule has 5 heteroatoms. The van der Waals surface area contributed by atoms with E-state index < -0.39 is 0 Å². The normalized spacial score (nSPS) is 21.7. The van der Waals surface area contributed by atoms with Gasteiger partial charge in [-0.3, -0.25) is 4.79 Å². The SMILES string of the molecule is COCCCC(=O)N1CCNCC1CN. The van der Waals surface area contributed by atoms with Gasteiger partial charge in [0.25, 0.3) is 0 Å². The molecule has 1 saturated heterocycles. The molecule has 1 rings (SSSR count). The van der Waals surface area contributed by atoms with Crippen LogP contribution in [0.2, 0.25) is 0 Å². The summed E-state index contributed by atoms with van der Waals surface area (Å²) in [5.74, 6) is 0.198. The fourth-order valence-electron chi connectivity index (χ4n) is 1.81. The van der Waals surface area contributed by atoms with E-state index in [4.69, 9.17) is 10.5 Å². The highest BCUT2D eigenvalue weighted by molar-refractivity contribution is 5.76. The Morgan fingerprint density at radius 3 is 3.13 bits per heavy atom. The van der Waals surface area contributed by atoms with Crippen LogP contribution in [0.1, 0.15) is 12.8 Å². The number of hydrogen-bond acceptors (Lipinski definition) is 4. The van der Waals surface area contributed by atoms with Crippen molar-refractivity contribution in [2.45, 2.75) is 18.9 Å². The Bertz CT molecular complexity index is 199. The maximum atomic E-state index is 11.8.